The van der Waals surface area contributed by atoms with E-state index in [2.05, 4.69) is 21.4 Å². The van der Waals surface area contributed by atoms with Gasteiger partial charge in [-0.2, -0.15) is 0 Å². The summed E-state index contributed by atoms with van der Waals surface area (Å²) in [7, 11) is 0. The van der Waals surface area contributed by atoms with Gasteiger partial charge < -0.3 is 5.32 Å². The topological polar surface area (TPSA) is 37.3 Å². The maximum Gasteiger partial charge on any atom is 0.147 e. The molecule has 1 N–H and O–H groups in total. The van der Waals surface area contributed by atoms with Crippen molar-refractivity contribution >= 4 is 5.84 Å². The molecule has 0 saturated heterocycles. The number of fused-ring (bicyclic) bond motifs is 1. The molecular formula is C14H19N3. The number of amidine groups is 1. The Labute approximate surface area is 102 Å². The number of hydrogen-bond donors (Lipinski definition) is 1. The number of nitrogens with zero attached hydrogens (tertiary/aromatic N) is 2. The third-order valence-corrected chi connectivity index (χ3v) is 3.81. The van der Waals surface area contributed by atoms with Crippen molar-refractivity contribution in [3.63, 3.8) is 0 Å². The lowest BCUT2D eigenvalue weighted by Crippen LogP contribution is -2.30. The molecule has 2 aliphatic rings. The summed E-state index contributed by atoms with van der Waals surface area (Å²) < 4.78 is 0. The molecule has 1 saturated carbocycles. The van der Waals surface area contributed by atoms with Gasteiger partial charge in [0.25, 0.3) is 0 Å². The van der Waals surface area contributed by atoms with Crippen LogP contribution in [0, 0.1) is 5.92 Å². The van der Waals surface area contributed by atoms with Crippen LogP contribution in [0.5, 0.6) is 0 Å². The third-order valence-electron chi connectivity index (χ3n) is 3.81. The van der Waals surface area contributed by atoms with Crippen molar-refractivity contribution in [1.82, 2.24) is 10.3 Å². The Bertz CT molecular complexity index is 419. The molecule has 0 radical (unpaired) electrons. The number of hydrogen-bond acceptors (Lipinski definition) is 3. The number of pyridine rings is 1. The van der Waals surface area contributed by atoms with E-state index in [9.17, 15) is 0 Å². The molecule has 1 aliphatic carbocycles. The highest BCUT2D eigenvalue weighted by molar-refractivity contribution is 6.00. The van der Waals surface area contributed by atoms with Crippen molar-refractivity contribution in [1.29, 1.82) is 0 Å². The van der Waals surface area contributed by atoms with Gasteiger partial charge in [-0.3, -0.25) is 9.98 Å². The smallest absolute Gasteiger partial charge is 0.147 e. The molecular weight excluding hydrogens is 210 g/mol. The lowest BCUT2D eigenvalue weighted by molar-refractivity contribution is 0.357. The second kappa shape index (κ2) is 4.86. The number of aliphatic imine (C=N–C) groups is 1. The Morgan fingerprint density at radius 3 is 3.00 bits per heavy atom. The fourth-order valence-corrected chi connectivity index (χ4v) is 2.79. The third kappa shape index (κ3) is 2.33. The van der Waals surface area contributed by atoms with E-state index in [1.807, 2.05) is 12.3 Å². The first kappa shape index (κ1) is 10.8. The minimum atomic E-state index is 0.788. The average Bonchev–Trinajstić information content (AvgIpc) is 2.81. The zero-order chi connectivity index (χ0) is 11.5. The Morgan fingerprint density at radius 2 is 2.12 bits per heavy atom. The van der Waals surface area contributed by atoms with Gasteiger partial charge in [0.15, 0.2) is 0 Å². The SMILES string of the molecule is c1cnc2c(c1)CN=C2NCC1CCCCC1. The summed E-state index contributed by atoms with van der Waals surface area (Å²) in [5.41, 5.74) is 2.31. The van der Waals surface area contributed by atoms with Crippen molar-refractivity contribution in [3.8, 4) is 0 Å². The summed E-state index contributed by atoms with van der Waals surface area (Å²) >= 11 is 0. The van der Waals surface area contributed by atoms with Crippen molar-refractivity contribution in [2.75, 3.05) is 6.54 Å². The van der Waals surface area contributed by atoms with E-state index < -0.39 is 0 Å². The summed E-state index contributed by atoms with van der Waals surface area (Å²) in [6.45, 7) is 1.85. The van der Waals surface area contributed by atoms with E-state index in [1.54, 1.807) is 0 Å². The Kier molecular flexibility index (Phi) is 3.08. The Morgan fingerprint density at radius 1 is 1.24 bits per heavy atom. The molecule has 90 valence electrons. The molecule has 17 heavy (non-hydrogen) atoms. The minimum absolute atomic E-state index is 0.788. The van der Waals surface area contributed by atoms with Crippen LogP contribution in [0.4, 0.5) is 0 Å². The van der Waals surface area contributed by atoms with Crippen molar-refractivity contribution < 1.29 is 0 Å². The molecule has 0 spiro atoms. The van der Waals surface area contributed by atoms with Gasteiger partial charge in [0.2, 0.25) is 0 Å². The molecule has 3 rings (SSSR count). The van der Waals surface area contributed by atoms with Gasteiger partial charge in [-0.1, -0.05) is 25.3 Å². The second-order valence-corrected chi connectivity index (χ2v) is 5.06. The van der Waals surface area contributed by atoms with E-state index in [4.69, 9.17) is 0 Å². The lowest BCUT2D eigenvalue weighted by Gasteiger charge is -2.22. The van der Waals surface area contributed by atoms with Gasteiger partial charge in [-0.05, 0) is 24.8 Å². The van der Waals surface area contributed by atoms with Gasteiger partial charge in [0.05, 0.1) is 6.54 Å². The predicted octanol–water partition coefficient (Wildman–Crippen LogP) is 2.51. The van der Waals surface area contributed by atoms with Crippen molar-refractivity contribution in [2.24, 2.45) is 10.9 Å². The molecule has 1 aliphatic heterocycles. The molecule has 3 heteroatoms. The normalized spacial score (nSPS) is 19.9. The fourth-order valence-electron chi connectivity index (χ4n) is 2.79. The molecule has 0 amide bonds. The van der Waals surface area contributed by atoms with Gasteiger partial charge in [-0.15, -0.1) is 0 Å². The maximum atomic E-state index is 4.53. The van der Waals surface area contributed by atoms with Gasteiger partial charge >= 0.3 is 0 Å². The molecule has 0 aromatic carbocycles. The summed E-state index contributed by atoms with van der Waals surface area (Å²) in [5.74, 6) is 1.84. The zero-order valence-corrected chi connectivity index (χ0v) is 10.2. The quantitative estimate of drug-likeness (QED) is 0.846. The number of nitrogens with one attached hydrogen (secondary N) is 1. The largest absolute Gasteiger partial charge is 0.368 e. The summed E-state index contributed by atoms with van der Waals surface area (Å²) in [6.07, 6.45) is 8.80. The van der Waals surface area contributed by atoms with Crippen LogP contribution in [0.1, 0.15) is 43.4 Å². The van der Waals surface area contributed by atoms with Crippen molar-refractivity contribution in [3.05, 3.63) is 29.6 Å². The standard InChI is InChI=1S/C14H19N3/c1-2-5-11(6-3-1)9-16-14-13-12(10-17-14)7-4-8-15-13/h4,7-8,11H,1-3,5-6,9-10H2,(H,16,17). The van der Waals surface area contributed by atoms with Crippen molar-refractivity contribution in [2.45, 2.75) is 38.6 Å². The van der Waals surface area contributed by atoms with E-state index in [-0.39, 0.29) is 0 Å². The van der Waals surface area contributed by atoms with Crippen LogP contribution < -0.4 is 5.32 Å². The summed E-state index contributed by atoms with van der Waals surface area (Å²) in [4.78, 5) is 8.94. The van der Waals surface area contributed by atoms with E-state index in [0.717, 1.165) is 30.5 Å². The van der Waals surface area contributed by atoms with Crippen LogP contribution >= 0.6 is 0 Å². The van der Waals surface area contributed by atoms with Crippen LogP contribution in [-0.2, 0) is 6.54 Å². The van der Waals surface area contributed by atoms with E-state index in [0.29, 0.717) is 0 Å². The molecule has 1 fully saturated rings. The average molecular weight is 229 g/mol. The summed E-state index contributed by atoms with van der Waals surface area (Å²) in [6, 6.07) is 4.10. The van der Waals surface area contributed by atoms with Gasteiger partial charge in [0, 0.05) is 18.3 Å². The first-order valence-electron chi connectivity index (χ1n) is 6.66. The minimum Gasteiger partial charge on any atom is -0.368 e. The van der Waals surface area contributed by atoms with E-state index >= 15 is 0 Å². The van der Waals surface area contributed by atoms with E-state index in [1.165, 1.54) is 37.7 Å². The Hall–Kier alpha value is -1.38. The number of rotatable bonds is 2. The molecule has 2 heterocycles. The van der Waals surface area contributed by atoms with Gasteiger partial charge in [0.1, 0.15) is 11.5 Å². The maximum absolute atomic E-state index is 4.53. The lowest BCUT2D eigenvalue weighted by atomic mass is 9.89. The highest BCUT2D eigenvalue weighted by atomic mass is 15.0. The highest BCUT2D eigenvalue weighted by Crippen LogP contribution is 2.23. The van der Waals surface area contributed by atoms with Gasteiger partial charge in [-0.25, -0.2) is 0 Å². The van der Waals surface area contributed by atoms with Crippen LogP contribution in [0.25, 0.3) is 0 Å². The predicted molar refractivity (Wildman–Crippen MR) is 69.1 cm³/mol. The molecule has 0 atom stereocenters. The second-order valence-electron chi connectivity index (χ2n) is 5.06. The molecule has 3 nitrogen and oxygen atoms in total. The number of aromatic nitrogens is 1. The first-order valence-corrected chi connectivity index (χ1v) is 6.66. The monoisotopic (exact) mass is 229 g/mol. The Balaban J connectivity index is 1.59. The first-order chi connectivity index (χ1) is 8.43. The van der Waals surface area contributed by atoms with Crippen LogP contribution in [-0.4, -0.2) is 17.4 Å². The van der Waals surface area contributed by atoms with Crippen LogP contribution in [0.3, 0.4) is 0 Å². The summed E-state index contributed by atoms with van der Waals surface area (Å²) in [5, 5.41) is 3.50. The molecule has 0 unspecified atom stereocenters. The fraction of sp³-hybridized carbons (Fsp3) is 0.571. The van der Waals surface area contributed by atoms with Crippen LogP contribution in [0.2, 0.25) is 0 Å². The zero-order valence-electron chi connectivity index (χ0n) is 10.2. The molecule has 1 aromatic heterocycles. The highest BCUT2D eigenvalue weighted by Gasteiger charge is 2.18. The molecule has 1 aromatic rings. The molecule has 0 bridgehead atoms. The van der Waals surface area contributed by atoms with Crippen LogP contribution in [0.15, 0.2) is 23.3 Å².